The number of rotatable bonds is 5. The highest BCUT2D eigenvalue weighted by atomic mass is 35.5. The van der Waals surface area contributed by atoms with E-state index in [1.165, 1.54) is 11.3 Å². The molecular formula is C20H22ClN3O3S. The number of piperidine rings is 1. The highest BCUT2D eigenvalue weighted by Crippen LogP contribution is 2.23. The van der Waals surface area contributed by atoms with Crippen molar-refractivity contribution in [2.24, 2.45) is 5.92 Å². The standard InChI is InChI=1S/C20H22ClN3O3S/c1-13-15(21)6-2-7-16(13)23-18(25)11-22-19(26)14-5-3-9-24(12-14)20(27)17-8-4-10-28-17/h2,4,6-8,10,14H,3,5,9,11-12H2,1H3,(H,22,26)(H,23,25)/t14-/m1/s1. The summed E-state index contributed by atoms with van der Waals surface area (Å²) in [5, 5.41) is 7.87. The molecule has 8 heteroatoms. The number of nitrogens with zero attached hydrogens (tertiary/aromatic N) is 1. The molecule has 2 N–H and O–H groups in total. The van der Waals surface area contributed by atoms with Gasteiger partial charge in [-0.2, -0.15) is 0 Å². The van der Waals surface area contributed by atoms with Crippen LogP contribution in [0.5, 0.6) is 0 Å². The molecule has 6 nitrogen and oxygen atoms in total. The van der Waals surface area contributed by atoms with Gasteiger partial charge in [0.25, 0.3) is 5.91 Å². The topological polar surface area (TPSA) is 78.5 Å². The van der Waals surface area contributed by atoms with E-state index < -0.39 is 0 Å². The van der Waals surface area contributed by atoms with Crippen LogP contribution in [-0.2, 0) is 9.59 Å². The molecule has 1 aromatic carbocycles. The summed E-state index contributed by atoms with van der Waals surface area (Å²) in [4.78, 5) is 39.5. The lowest BCUT2D eigenvalue weighted by Gasteiger charge is -2.31. The number of carbonyl (C=O) groups is 3. The van der Waals surface area contributed by atoms with Gasteiger partial charge in [-0.05, 0) is 48.9 Å². The SMILES string of the molecule is Cc1c(Cl)cccc1NC(=O)CNC(=O)[C@@H]1CCCN(C(=O)c2cccs2)C1. The molecule has 0 unspecified atom stereocenters. The van der Waals surface area contributed by atoms with Crippen LogP contribution in [0.15, 0.2) is 35.7 Å². The average Bonchev–Trinajstić information content (AvgIpc) is 3.24. The number of benzene rings is 1. The number of hydrogen-bond acceptors (Lipinski definition) is 4. The molecule has 1 aliphatic heterocycles. The van der Waals surface area contributed by atoms with Crippen LogP contribution in [-0.4, -0.2) is 42.3 Å². The van der Waals surface area contributed by atoms with Gasteiger partial charge in [-0.1, -0.05) is 23.7 Å². The Labute approximate surface area is 172 Å². The lowest BCUT2D eigenvalue weighted by molar-refractivity contribution is -0.128. The molecule has 3 amide bonds. The van der Waals surface area contributed by atoms with Crippen LogP contribution in [0.1, 0.15) is 28.1 Å². The molecule has 3 rings (SSSR count). The summed E-state index contributed by atoms with van der Waals surface area (Å²) in [5.41, 5.74) is 1.40. The van der Waals surface area contributed by atoms with E-state index in [0.29, 0.717) is 35.1 Å². The van der Waals surface area contributed by atoms with Gasteiger partial charge in [0, 0.05) is 23.8 Å². The maximum absolute atomic E-state index is 12.5. The van der Waals surface area contributed by atoms with Crippen LogP contribution in [0.3, 0.4) is 0 Å². The quantitative estimate of drug-likeness (QED) is 0.780. The number of anilines is 1. The van der Waals surface area contributed by atoms with Crippen LogP contribution in [0.25, 0.3) is 0 Å². The number of halogens is 1. The minimum atomic E-state index is -0.318. The highest BCUT2D eigenvalue weighted by Gasteiger charge is 2.29. The predicted molar refractivity (Wildman–Crippen MR) is 111 cm³/mol. The molecule has 28 heavy (non-hydrogen) atoms. The number of likely N-dealkylation sites (tertiary alicyclic amines) is 1. The van der Waals surface area contributed by atoms with Crippen molar-refractivity contribution in [2.75, 3.05) is 25.0 Å². The molecule has 0 aliphatic carbocycles. The van der Waals surface area contributed by atoms with Crippen molar-refractivity contribution in [1.82, 2.24) is 10.2 Å². The van der Waals surface area contributed by atoms with E-state index in [9.17, 15) is 14.4 Å². The summed E-state index contributed by atoms with van der Waals surface area (Å²) in [5.74, 6) is -0.872. The molecule has 0 bridgehead atoms. The van der Waals surface area contributed by atoms with Crippen molar-refractivity contribution in [3.8, 4) is 0 Å². The van der Waals surface area contributed by atoms with Gasteiger partial charge < -0.3 is 15.5 Å². The van der Waals surface area contributed by atoms with Gasteiger partial charge in [0.2, 0.25) is 11.8 Å². The molecule has 1 fully saturated rings. The monoisotopic (exact) mass is 419 g/mol. The minimum Gasteiger partial charge on any atom is -0.347 e. The Morgan fingerprint density at radius 1 is 1.25 bits per heavy atom. The Bertz CT molecular complexity index is 870. The molecular weight excluding hydrogens is 398 g/mol. The summed E-state index contributed by atoms with van der Waals surface area (Å²) in [6.07, 6.45) is 1.47. The molecule has 2 heterocycles. The van der Waals surface area contributed by atoms with Gasteiger partial charge in [-0.25, -0.2) is 0 Å². The Balaban J connectivity index is 1.50. The maximum Gasteiger partial charge on any atom is 0.263 e. The third-order valence-corrected chi connectivity index (χ3v) is 6.04. The first-order valence-corrected chi connectivity index (χ1v) is 10.4. The molecule has 0 saturated carbocycles. The van der Waals surface area contributed by atoms with Crippen molar-refractivity contribution < 1.29 is 14.4 Å². The average molecular weight is 420 g/mol. The van der Waals surface area contributed by atoms with Gasteiger partial charge in [0.1, 0.15) is 0 Å². The summed E-state index contributed by atoms with van der Waals surface area (Å²) in [6.45, 7) is 2.71. The van der Waals surface area contributed by atoms with Crippen LogP contribution in [0, 0.1) is 12.8 Å². The smallest absolute Gasteiger partial charge is 0.263 e. The largest absolute Gasteiger partial charge is 0.347 e. The number of amides is 3. The zero-order valence-corrected chi connectivity index (χ0v) is 17.1. The fourth-order valence-electron chi connectivity index (χ4n) is 3.18. The fraction of sp³-hybridized carbons (Fsp3) is 0.350. The van der Waals surface area contributed by atoms with Crippen LogP contribution >= 0.6 is 22.9 Å². The van der Waals surface area contributed by atoms with E-state index in [2.05, 4.69) is 10.6 Å². The minimum absolute atomic E-state index is 0.0401. The predicted octanol–water partition coefficient (Wildman–Crippen LogP) is 3.32. The highest BCUT2D eigenvalue weighted by molar-refractivity contribution is 7.12. The molecule has 1 aromatic heterocycles. The third kappa shape index (κ3) is 4.91. The fourth-order valence-corrected chi connectivity index (χ4v) is 4.05. The molecule has 148 valence electrons. The summed E-state index contributed by atoms with van der Waals surface area (Å²) < 4.78 is 0. The van der Waals surface area contributed by atoms with Crippen molar-refractivity contribution in [2.45, 2.75) is 19.8 Å². The maximum atomic E-state index is 12.5. The van der Waals surface area contributed by atoms with Gasteiger partial charge in [-0.3, -0.25) is 14.4 Å². The molecule has 0 spiro atoms. The summed E-state index contributed by atoms with van der Waals surface area (Å²) in [7, 11) is 0. The number of hydrogen-bond donors (Lipinski definition) is 2. The van der Waals surface area contributed by atoms with E-state index >= 15 is 0 Å². The van der Waals surface area contributed by atoms with Crippen molar-refractivity contribution in [3.05, 3.63) is 51.2 Å². The Morgan fingerprint density at radius 2 is 2.07 bits per heavy atom. The zero-order chi connectivity index (χ0) is 20.1. The second-order valence-corrected chi connectivity index (χ2v) is 8.10. The first kappa shape index (κ1) is 20.4. The van der Waals surface area contributed by atoms with Crippen molar-refractivity contribution in [3.63, 3.8) is 0 Å². The van der Waals surface area contributed by atoms with Crippen molar-refractivity contribution in [1.29, 1.82) is 0 Å². The zero-order valence-electron chi connectivity index (χ0n) is 15.5. The van der Waals surface area contributed by atoms with Gasteiger partial charge >= 0.3 is 0 Å². The van der Waals surface area contributed by atoms with E-state index in [1.807, 2.05) is 18.4 Å². The van der Waals surface area contributed by atoms with Crippen LogP contribution in [0.2, 0.25) is 5.02 Å². The number of nitrogens with one attached hydrogen (secondary N) is 2. The normalized spacial score (nSPS) is 16.5. The van der Waals surface area contributed by atoms with E-state index in [-0.39, 0.29) is 30.2 Å². The van der Waals surface area contributed by atoms with E-state index in [0.717, 1.165) is 12.0 Å². The van der Waals surface area contributed by atoms with Crippen LogP contribution < -0.4 is 10.6 Å². The molecule has 1 atom stereocenters. The van der Waals surface area contributed by atoms with Gasteiger partial charge in [-0.15, -0.1) is 11.3 Å². The van der Waals surface area contributed by atoms with Gasteiger partial charge in [0.15, 0.2) is 0 Å². The first-order chi connectivity index (χ1) is 13.5. The van der Waals surface area contributed by atoms with E-state index in [1.54, 1.807) is 29.2 Å². The van der Waals surface area contributed by atoms with Gasteiger partial charge in [0.05, 0.1) is 17.3 Å². The summed E-state index contributed by atoms with van der Waals surface area (Å²) >= 11 is 7.45. The second-order valence-electron chi connectivity index (χ2n) is 6.75. The van der Waals surface area contributed by atoms with Crippen molar-refractivity contribution >= 4 is 46.3 Å². The molecule has 0 radical (unpaired) electrons. The number of thiophene rings is 1. The molecule has 1 aliphatic rings. The Morgan fingerprint density at radius 3 is 2.82 bits per heavy atom. The van der Waals surface area contributed by atoms with Crippen LogP contribution in [0.4, 0.5) is 5.69 Å². The Hall–Kier alpha value is -2.38. The lowest BCUT2D eigenvalue weighted by Crippen LogP contribution is -2.46. The second kappa shape index (κ2) is 9.21. The number of carbonyl (C=O) groups excluding carboxylic acids is 3. The molecule has 1 saturated heterocycles. The summed E-state index contributed by atoms with van der Waals surface area (Å²) in [6, 6.07) is 8.90. The lowest BCUT2D eigenvalue weighted by atomic mass is 9.97. The first-order valence-electron chi connectivity index (χ1n) is 9.11. The van der Waals surface area contributed by atoms with E-state index in [4.69, 9.17) is 11.6 Å². The molecule has 2 aromatic rings. The third-order valence-electron chi connectivity index (χ3n) is 4.78. The Kier molecular flexibility index (Phi) is 6.70.